The van der Waals surface area contributed by atoms with Crippen LogP contribution in [-0.4, -0.2) is 110 Å². The van der Waals surface area contributed by atoms with E-state index in [1.54, 1.807) is 23.1 Å². The fourth-order valence-corrected chi connectivity index (χ4v) is 6.90. The minimum atomic E-state index is -3.09. The molecule has 1 aromatic carbocycles. The monoisotopic (exact) mass is 700 g/mol. The van der Waals surface area contributed by atoms with Crippen LogP contribution in [0.5, 0.6) is 11.6 Å². The van der Waals surface area contributed by atoms with Crippen LogP contribution >= 0.6 is 11.6 Å². The number of sulfone groups is 1. The zero-order chi connectivity index (χ0) is 33.5. The highest BCUT2D eigenvalue weighted by molar-refractivity contribution is 7.90. The van der Waals surface area contributed by atoms with Gasteiger partial charge in [-0.3, -0.25) is 9.58 Å². The number of rotatable bonds is 14. The fourth-order valence-electron chi connectivity index (χ4n) is 6.09. The summed E-state index contributed by atoms with van der Waals surface area (Å²) < 4.78 is 44.4. The van der Waals surface area contributed by atoms with Gasteiger partial charge >= 0.3 is 0 Å². The third-order valence-electron chi connectivity index (χ3n) is 8.53. The lowest BCUT2D eigenvalue weighted by molar-refractivity contribution is 0.00503. The van der Waals surface area contributed by atoms with Crippen LogP contribution in [0.25, 0.3) is 11.1 Å². The van der Waals surface area contributed by atoms with Gasteiger partial charge in [0.05, 0.1) is 49.4 Å². The minimum absolute atomic E-state index is 0.0439. The molecule has 15 nitrogen and oxygen atoms in total. The standard InChI is InChI=1S/C31H41ClN10O5S/c1-22(19-41-21-35-38-39-41)47-29-16-23(4-9-27(29)32)24-17-33-31(34-18-24)36-28-20-42(37-30(28)46-12-3-15-48(2,43)44)26-7-5-25(6-8-26)40-10-13-45-14-11-40/h4,9,16-18,20-22,25-26H,3,5-8,10-15,19H2,1-2H3,(H,33,34,36)/t22-,25-,26-/m0/s1. The van der Waals surface area contributed by atoms with E-state index in [1.165, 1.54) is 12.6 Å². The van der Waals surface area contributed by atoms with Crippen LogP contribution in [0.3, 0.4) is 0 Å². The second-order valence-electron chi connectivity index (χ2n) is 12.3. The number of nitrogens with one attached hydrogen (secondary N) is 1. The van der Waals surface area contributed by atoms with E-state index >= 15 is 0 Å². The fraction of sp³-hybridized carbons (Fsp3) is 0.548. The number of hydrogen-bond acceptors (Lipinski definition) is 13. The van der Waals surface area contributed by atoms with Gasteiger partial charge in [0.15, 0.2) is 0 Å². The van der Waals surface area contributed by atoms with Gasteiger partial charge < -0.3 is 19.5 Å². The first-order valence-electron chi connectivity index (χ1n) is 16.2. The molecule has 0 bridgehead atoms. The van der Waals surface area contributed by atoms with Crippen LogP contribution in [0.15, 0.2) is 43.1 Å². The Hall–Kier alpha value is -3.86. The molecule has 2 fully saturated rings. The van der Waals surface area contributed by atoms with Crippen molar-refractivity contribution in [2.45, 2.75) is 63.8 Å². The molecule has 0 amide bonds. The Kier molecular flexibility index (Phi) is 11.0. The maximum Gasteiger partial charge on any atom is 0.256 e. The Morgan fingerprint density at radius 2 is 1.83 bits per heavy atom. The molecule has 4 heterocycles. The molecule has 0 unspecified atom stereocenters. The van der Waals surface area contributed by atoms with Gasteiger partial charge in [-0.25, -0.2) is 23.1 Å². The quantitative estimate of drug-likeness (QED) is 0.189. The molecule has 1 saturated carbocycles. The van der Waals surface area contributed by atoms with E-state index < -0.39 is 9.84 Å². The van der Waals surface area contributed by atoms with Crippen LogP contribution in [0.4, 0.5) is 11.6 Å². The third kappa shape index (κ3) is 9.18. The van der Waals surface area contributed by atoms with Crippen LogP contribution in [-0.2, 0) is 21.1 Å². The molecule has 17 heteroatoms. The Balaban J connectivity index is 1.13. The average molecular weight is 701 g/mol. The van der Waals surface area contributed by atoms with Crippen LogP contribution in [0, 0.1) is 0 Å². The Morgan fingerprint density at radius 1 is 1.08 bits per heavy atom. The molecule has 48 heavy (non-hydrogen) atoms. The lowest BCUT2D eigenvalue weighted by atomic mass is 9.90. The first-order chi connectivity index (χ1) is 23.2. The molecule has 1 aliphatic heterocycles. The minimum Gasteiger partial charge on any atom is -0.487 e. The SMILES string of the molecule is C[C@@H](Cn1cnnn1)Oc1cc(-c2cnc(Nc3cn([C@H]4CC[C@H](N5CCOCC5)CC4)nc3OCCCS(C)(=O)=O)nc2)ccc1Cl. The second kappa shape index (κ2) is 15.6. The molecule has 0 spiro atoms. The number of ether oxygens (including phenoxy) is 3. The summed E-state index contributed by atoms with van der Waals surface area (Å²) in [6, 6.07) is 6.31. The number of halogens is 1. The summed E-state index contributed by atoms with van der Waals surface area (Å²) in [5.74, 6) is 1.33. The molecule has 3 aromatic heterocycles. The van der Waals surface area contributed by atoms with Gasteiger partial charge in [0.25, 0.3) is 5.88 Å². The van der Waals surface area contributed by atoms with Gasteiger partial charge in [0.1, 0.15) is 33.7 Å². The van der Waals surface area contributed by atoms with E-state index in [9.17, 15) is 8.42 Å². The maximum atomic E-state index is 11.6. The van der Waals surface area contributed by atoms with Gasteiger partial charge in [-0.15, -0.1) is 10.2 Å². The summed E-state index contributed by atoms with van der Waals surface area (Å²) in [6.45, 7) is 6.18. The molecule has 1 atom stereocenters. The summed E-state index contributed by atoms with van der Waals surface area (Å²) >= 11 is 6.44. The van der Waals surface area contributed by atoms with E-state index in [2.05, 4.69) is 35.7 Å². The van der Waals surface area contributed by atoms with Gasteiger partial charge in [0, 0.05) is 43.3 Å². The van der Waals surface area contributed by atoms with Crippen molar-refractivity contribution in [1.82, 2.24) is 44.9 Å². The zero-order valence-corrected chi connectivity index (χ0v) is 28.7. The topological polar surface area (TPSA) is 164 Å². The van der Waals surface area contributed by atoms with Crippen molar-refractivity contribution in [3.63, 3.8) is 0 Å². The van der Waals surface area contributed by atoms with E-state index in [4.69, 9.17) is 30.9 Å². The van der Waals surface area contributed by atoms with Crippen molar-refractivity contribution in [1.29, 1.82) is 0 Å². The molecule has 2 aliphatic rings. The molecule has 1 N–H and O–H groups in total. The van der Waals surface area contributed by atoms with Crippen molar-refractivity contribution < 1.29 is 22.6 Å². The number of aromatic nitrogens is 8. The van der Waals surface area contributed by atoms with Gasteiger partial charge in [-0.1, -0.05) is 17.7 Å². The maximum absolute atomic E-state index is 11.6. The molecule has 6 rings (SSSR count). The predicted molar refractivity (Wildman–Crippen MR) is 179 cm³/mol. The predicted octanol–water partition coefficient (Wildman–Crippen LogP) is 3.82. The zero-order valence-electron chi connectivity index (χ0n) is 27.1. The number of hydrogen-bond donors (Lipinski definition) is 1. The molecule has 4 aromatic rings. The number of anilines is 2. The number of morpholine rings is 1. The molecule has 0 radical (unpaired) electrons. The van der Waals surface area contributed by atoms with Crippen molar-refractivity contribution in [3.05, 3.63) is 48.1 Å². The van der Waals surface area contributed by atoms with Gasteiger partial charge in [-0.05, 0) is 67.2 Å². The third-order valence-corrected chi connectivity index (χ3v) is 9.87. The van der Waals surface area contributed by atoms with Gasteiger partial charge in [0.2, 0.25) is 5.95 Å². The van der Waals surface area contributed by atoms with Crippen molar-refractivity contribution in [2.24, 2.45) is 0 Å². The van der Waals surface area contributed by atoms with Crippen molar-refractivity contribution >= 4 is 33.1 Å². The second-order valence-corrected chi connectivity index (χ2v) is 15.0. The molecule has 258 valence electrons. The molecular weight excluding hydrogens is 660 g/mol. The van der Waals surface area contributed by atoms with Crippen molar-refractivity contribution in [3.8, 4) is 22.8 Å². The largest absolute Gasteiger partial charge is 0.487 e. The van der Waals surface area contributed by atoms with E-state index in [0.717, 1.165) is 63.1 Å². The Bertz CT molecular complexity index is 1720. The summed E-state index contributed by atoms with van der Waals surface area (Å²) in [5, 5.41) is 19.7. The summed E-state index contributed by atoms with van der Waals surface area (Å²) in [7, 11) is -3.09. The summed E-state index contributed by atoms with van der Waals surface area (Å²) in [4.78, 5) is 11.7. The Labute approximate surface area is 284 Å². The summed E-state index contributed by atoms with van der Waals surface area (Å²) in [6.07, 6.45) is 12.5. The first kappa shape index (κ1) is 34.0. The van der Waals surface area contributed by atoms with Crippen LogP contribution in [0.1, 0.15) is 45.1 Å². The molecular formula is C31H41ClN10O5S. The van der Waals surface area contributed by atoms with E-state index in [-0.39, 0.29) is 24.5 Å². The first-order valence-corrected chi connectivity index (χ1v) is 18.6. The Morgan fingerprint density at radius 3 is 2.54 bits per heavy atom. The lowest BCUT2D eigenvalue weighted by Crippen LogP contribution is -2.45. The van der Waals surface area contributed by atoms with Crippen LogP contribution < -0.4 is 14.8 Å². The smallest absolute Gasteiger partial charge is 0.256 e. The highest BCUT2D eigenvalue weighted by Crippen LogP contribution is 2.35. The number of tetrazole rings is 1. The highest BCUT2D eigenvalue weighted by Gasteiger charge is 2.29. The number of benzene rings is 1. The highest BCUT2D eigenvalue weighted by atomic mass is 35.5. The summed E-state index contributed by atoms with van der Waals surface area (Å²) in [5.41, 5.74) is 2.24. The normalized spacial score (nSPS) is 19.6. The average Bonchev–Trinajstić information content (AvgIpc) is 3.74. The lowest BCUT2D eigenvalue weighted by Gasteiger charge is -2.38. The molecule has 1 aliphatic carbocycles. The van der Waals surface area contributed by atoms with Gasteiger partial charge in [-0.2, -0.15) is 0 Å². The van der Waals surface area contributed by atoms with E-state index in [0.29, 0.717) is 47.3 Å². The van der Waals surface area contributed by atoms with Crippen LogP contribution in [0.2, 0.25) is 5.02 Å². The van der Waals surface area contributed by atoms with E-state index in [1.807, 2.05) is 29.9 Å². The molecule has 1 saturated heterocycles. The number of nitrogens with zero attached hydrogens (tertiary/aromatic N) is 9. The van der Waals surface area contributed by atoms with Crippen molar-refractivity contribution in [2.75, 3.05) is 50.2 Å².